The maximum Gasteiger partial charge on any atom is 0.123 e. The van der Waals surface area contributed by atoms with Crippen molar-refractivity contribution in [3.8, 4) is 5.75 Å². The summed E-state index contributed by atoms with van der Waals surface area (Å²) in [4.78, 5) is 5.43. The molecule has 0 radical (unpaired) electrons. The number of benzene rings is 1. The van der Waals surface area contributed by atoms with Gasteiger partial charge in [-0.2, -0.15) is 0 Å². The van der Waals surface area contributed by atoms with E-state index in [1.807, 2.05) is 0 Å². The number of ether oxygens (including phenoxy) is 1. The molecule has 106 valence electrons. The first-order chi connectivity index (χ1) is 9.86. The normalized spacial score (nSPS) is 22.5. The van der Waals surface area contributed by atoms with Crippen LogP contribution in [-0.2, 0) is 6.54 Å². The van der Waals surface area contributed by atoms with E-state index in [9.17, 15) is 0 Å². The molecule has 1 atom stereocenters. The van der Waals surface area contributed by atoms with E-state index < -0.39 is 0 Å². The summed E-state index contributed by atoms with van der Waals surface area (Å²) in [5, 5.41) is 3.86. The molecule has 5 nitrogen and oxygen atoms in total. The van der Waals surface area contributed by atoms with Crippen molar-refractivity contribution in [2.45, 2.75) is 38.3 Å². The zero-order valence-corrected chi connectivity index (χ0v) is 11.7. The number of hydrogen-bond donors (Lipinski definition) is 0. The van der Waals surface area contributed by atoms with Crippen molar-refractivity contribution in [1.29, 1.82) is 0 Å². The number of likely N-dealkylation sites (tertiary alicyclic amines) is 1. The second-order valence-corrected chi connectivity index (χ2v) is 5.57. The summed E-state index contributed by atoms with van der Waals surface area (Å²) in [6, 6.07) is 6.24. The third-order valence-electron chi connectivity index (χ3n) is 4.13. The van der Waals surface area contributed by atoms with Gasteiger partial charge in [0.15, 0.2) is 0 Å². The topological polar surface area (TPSA) is 61.2 Å². The Bertz CT molecular complexity index is 519. The molecule has 0 unspecified atom stereocenters. The molecule has 1 fully saturated rings. The summed E-state index contributed by atoms with van der Waals surface area (Å²) >= 11 is 0. The van der Waals surface area contributed by atoms with E-state index in [-0.39, 0.29) is 6.04 Å². The van der Waals surface area contributed by atoms with Gasteiger partial charge in [-0.3, -0.25) is 4.90 Å². The molecule has 20 heavy (non-hydrogen) atoms. The molecule has 0 aromatic heterocycles. The van der Waals surface area contributed by atoms with E-state index in [0.717, 1.165) is 24.3 Å². The van der Waals surface area contributed by atoms with Crippen LogP contribution >= 0.6 is 0 Å². The van der Waals surface area contributed by atoms with Gasteiger partial charge in [0.1, 0.15) is 5.75 Å². The molecule has 3 rings (SSSR count). The zero-order valence-electron chi connectivity index (χ0n) is 11.7. The van der Waals surface area contributed by atoms with Crippen molar-refractivity contribution >= 4 is 0 Å². The highest BCUT2D eigenvalue weighted by Crippen LogP contribution is 2.35. The predicted molar refractivity (Wildman–Crippen MR) is 77.6 cm³/mol. The van der Waals surface area contributed by atoms with Crippen LogP contribution in [0.5, 0.6) is 5.75 Å². The fourth-order valence-electron chi connectivity index (χ4n) is 3.07. The van der Waals surface area contributed by atoms with Gasteiger partial charge in [-0.15, -0.1) is 0 Å². The Morgan fingerprint density at radius 2 is 2.15 bits per heavy atom. The standard InChI is InChI=1S/C15H20N4O/c16-18-17-14-6-9-20-15-10-12(4-5-13(14)15)11-19-7-2-1-3-8-19/h4-5,10,14H,1-3,6-9,11H2/t14-/m1/s1. The monoisotopic (exact) mass is 272 g/mol. The molecule has 0 saturated carbocycles. The van der Waals surface area contributed by atoms with Crippen LogP contribution in [0.1, 0.15) is 42.9 Å². The summed E-state index contributed by atoms with van der Waals surface area (Å²) in [6.45, 7) is 4.01. The SMILES string of the molecule is [N-]=[N+]=N[C@@H]1CCOc2cc(CN3CCCCC3)ccc21. The molecular formula is C15H20N4O. The number of hydrogen-bond acceptors (Lipinski definition) is 3. The van der Waals surface area contributed by atoms with E-state index >= 15 is 0 Å². The Morgan fingerprint density at radius 1 is 1.30 bits per heavy atom. The van der Waals surface area contributed by atoms with Gasteiger partial charge >= 0.3 is 0 Å². The maximum absolute atomic E-state index is 8.63. The molecule has 1 aromatic carbocycles. The van der Waals surface area contributed by atoms with Gasteiger partial charge in [0.25, 0.3) is 0 Å². The van der Waals surface area contributed by atoms with Crippen molar-refractivity contribution in [3.05, 3.63) is 39.8 Å². The Labute approximate surface area is 119 Å². The first-order valence-electron chi connectivity index (χ1n) is 7.39. The van der Waals surface area contributed by atoms with Gasteiger partial charge in [0.05, 0.1) is 12.6 Å². The Kier molecular flexibility index (Phi) is 4.09. The second kappa shape index (κ2) is 6.16. The fraction of sp³-hybridized carbons (Fsp3) is 0.600. The first kappa shape index (κ1) is 13.3. The Balaban J connectivity index is 1.76. The van der Waals surface area contributed by atoms with Crippen molar-refractivity contribution in [2.24, 2.45) is 5.11 Å². The van der Waals surface area contributed by atoms with Gasteiger partial charge < -0.3 is 4.74 Å². The van der Waals surface area contributed by atoms with E-state index in [2.05, 4.69) is 33.1 Å². The Morgan fingerprint density at radius 3 is 2.95 bits per heavy atom. The zero-order chi connectivity index (χ0) is 13.8. The summed E-state index contributed by atoms with van der Waals surface area (Å²) in [5.41, 5.74) is 10.9. The second-order valence-electron chi connectivity index (χ2n) is 5.57. The molecule has 5 heteroatoms. The first-order valence-corrected chi connectivity index (χ1v) is 7.39. The van der Waals surface area contributed by atoms with Gasteiger partial charge in [0, 0.05) is 17.0 Å². The van der Waals surface area contributed by atoms with Gasteiger partial charge in [-0.1, -0.05) is 23.7 Å². The molecule has 2 aliphatic heterocycles. The maximum atomic E-state index is 8.63. The fourth-order valence-corrected chi connectivity index (χ4v) is 3.07. The average Bonchev–Trinajstić information content (AvgIpc) is 2.49. The third kappa shape index (κ3) is 2.89. The number of piperidine rings is 1. The molecule has 2 aliphatic rings. The largest absolute Gasteiger partial charge is 0.493 e. The summed E-state index contributed by atoms with van der Waals surface area (Å²) in [6.07, 6.45) is 4.74. The molecule has 1 aromatic rings. The molecular weight excluding hydrogens is 252 g/mol. The number of rotatable bonds is 3. The third-order valence-corrected chi connectivity index (χ3v) is 4.13. The highest BCUT2D eigenvalue weighted by atomic mass is 16.5. The highest BCUT2D eigenvalue weighted by Gasteiger charge is 2.21. The molecule has 0 N–H and O–H groups in total. The van der Waals surface area contributed by atoms with E-state index in [4.69, 9.17) is 10.3 Å². The van der Waals surface area contributed by atoms with Crippen molar-refractivity contribution in [2.75, 3.05) is 19.7 Å². The van der Waals surface area contributed by atoms with Crippen LogP contribution in [0, 0.1) is 0 Å². The quantitative estimate of drug-likeness (QED) is 0.477. The molecule has 1 saturated heterocycles. The van der Waals surface area contributed by atoms with Crippen molar-refractivity contribution in [3.63, 3.8) is 0 Å². The van der Waals surface area contributed by atoms with E-state index in [1.54, 1.807) is 0 Å². The van der Waals surface area contributed by atoms with E-state index in [1.165, 1.54) is 37.9 Å². The van der Waals surface area contributed by atoms with Crippen LogP contribution in [0.15, 0.2) is 23.3 Å². The number of azide groups is 1. The predicted octanol–water partition coefficient (Wildman–Crippen LogP) is 3.81. The smallest absolute Gasteiger partial charge is 0.123 e. The van der Waals surface area contributed by atoms with Crippen molar-refractivity contribution < 1.29 is 4.74 Å². The lowest BCUT2D eigenvalue weighted by Gasteiger charge is -2.28. The van der Waals surface area contributed by atoms with Crippen LogP contribution in [0.25, 0.3) is 10.4 Å². The lowest BCUT2D eigenvalue weighted by atomic mass is 9.99. The van der Waals surface area contributed by atoms with Crippen LogP contribution in [0.2, 0.25) is 0 Å². The molecule has 0 spiro atoms. The molecule has 0 bridgehead atoms. The minimum atomic E-state index is -0.0761. The summed E-state index contributed by atoms with van der Waals surface area (Å²) in [5.74, 6) is 0.892. The number of nitrogens with zero attached hydrogens (tertiary/aromatic N) is 4. The van der Waals surface area contributed by atoms with Crippen LogP contribution < -0.4 is 4.74 Å². The summed E-state index contributed by atoms with van der Waals surface area (Å²) in [7, 11) is 0. The average molecular weight is 272 g/mol. The van der Waals surface area contributed by atoms with E-state index in [0.29, 0.717) is 6.61 Å². The Hall–Kier alpha value is -1.71. The molecule has 0 amide bonds. The van der Waals surface area contributed by atoms with Crippen molar-refractivity contribution in [1.82, 2.24) is 4.90 Å². The van der Waals surface area contributed by atoms with Crippen LogP contribution in [0.4, 0.5) is 0 Å². The molecule has 2 heterocycles. The molecule has 0 aliphatic carbocycles. The van der Waals surface area contributed by atoms with Gasteiger partial charge in [-0.25, -0.2) is 0 Å². The number of fused-ring (bicyclic) bond motifs is 1. The lowest BCUT2D eigenvalue weighted by Crippen LogP contribution is -2.29. The lowest BCUT2D eigenvalue weighted by molar-refractivity contribution is 0.220. The minimum Gasteiger partial charge on any atom is -0.493 e. The van der Waals surface area contributed by atoms with Crippen LogP contribution in [0.3, 0.4) is 0 Å². The minimum absolute atomic E-state index is 0.0761. The van der Waals surface area contributed by atoms with Gasteiger partial charge in [0.2, 0.25) is 0 Å². The summed E-state index contributed by atoms with van der Waals surface area (Å²) < 4.78 is 5.73. The van der Waals surface area contributed by atoms with Crippen LogP contribution in [-0.4, -0.2) is 24.6 Å². The highest BCUT2D eigenvalue weighted by molar-refractivity contribution is 5.41. The van der Waals surface area contributed by atoms with Gasteiger partial charge in [-0.05, 0) is 49.5 Å².